The van der Waals surface area contributed by atoms with Gasteiger partial charge in [-0.15, -0.1) is 0 Å². The topological polar surface area (TPSA) is 23.8 Å². The maximum atomic E-state index is 13.9. The summed E-state index contributed by atoms with van der Waals surface area (Å²) in [6.45, 7) is 0. The number of fused-ring (bicyclic) bond motifs is 1. The SMILES string of the molecule is N#CC1(Cc2cccc(F)c2F)CCc2ccccc21. The van der Waals surface area contributed by atoms with E-state index >= 15 is 0 Å². The summed E-state index contributed by atoms with van der Waals surface area (Å²) in [5.41, 5.74) is 1.60. The Morgan fingerprint density at radius 3 is 2.70 bits per heavy atom. The molecule has 2 aromatic rings. The molecule has 0 bridgehead atoms. The summed E-state index contributed by atoms with van der Waals surface area (Å²) < 4.78 is 27.2. The van der Waals surface area contributed by atoms with Crippen molar-refractivity contribution in [2.24, 2.45) is 0 Å². The number of aryl methyl sites for hydroxylation is 1. The lowest BCUT2D eigenvalue weighted by Crippen LogP contribution is -2.24. The van der Waals surface area contributed by atoms with Crippen molar-refractivity contribution < 1.29 is 8.78 Å². The maximum absolute atomic E-state index is 13.9. The molecule has 20 heavy (non-hydrogen) atoms. The Kier molecular flexibility index (Phi) is 3.02. The number of hydrogen-bond acceptors (Lipinski definition) is 1. The molecule has 1 nitrogen and oxygen atoms in total. The molecule has 0 heterocycles. The lowest BCUT2D eigenvalue weighted by Gasteiger charge is -2.22. The van der Waals surface area contributed by atoms with E-state index in [9.17, 15) is 14.0 Å². The van der Waals surface area contributed by atoms with E-state index in [4.69, 9.17) is 0 Å². The van der Waals surface area contributed by atoms with Gasteiger partial charge in [-0.3, -0.25) is 0 Å². The molecule has 3 heteroatoms. The fourth-order valence-corrected chi connectivity index (χ4v) is 3.04. The number of rotatable bonds is 2. The molecule has 0 saturated heterocycles. The minimum absolute atomic E-state index is 0.212. The molecule has 3 rings (SSSR count). The number of nitrogens with zero attached hydrogens (tertiary/aromatic N) is 1. The Morgan fingerprint density at radius 1 is 1.10 bits per heavy atom. The van der Waals surface area contributed by atoms with Crippen LogP contribution in [0, 0.1) is 23.0 Å². The van der Waals surface area contributed by atoms with Crippen LogP contribution in [0.25, 0.3) is 0 Å². The second kappa shape index (κ2) is 4.72. The smallest absolute Gasteiger partial charge is 0.162 e. The molecule has 0 N–H and O–H groups in total. The monoisotopic (exact) mass is 269 g/mol. The highest BCUT2D eigenvalue weighted by molar-refractivity contribution is 5.45. The van der Waals surface area contributed by atoms with Gasteiger partial charge in [0.15, 0.2) is 11.6 Å². The van der Waals surface area contributed by atoms with Crippen LogP contribution in [0.4, 0.5) is 8.78 Å². The third-order valence-electron chi connectivity index (χ3n) is 4.09. The van der Waals surface area contributed by atoms with Crippen LogP contribution in [0.15, 0.2) is 42.5 Å². The Hall–Kier alpha value is -2.21. The Bertz CT molecular complexity index is 702. The molecule has 2 aromatic carbocycles. The van der Waals surface area contributed by atoms with Gasteiger partial charge in [0, 0.05) is 0 Å². The quantitative estimate of drug-likeness (QED) is 0.810. The molecule has 1 unspecified atom stereocenters. The van der Waals surface area contributed by atoms with Gasteiger partial charge in [-0.05, 0) is 42.0 Å². The van der Waals surface area contributed by atoms with Gasteiger partial charge in [-0.2, -0.15) is 5.26 Å². The summed E-state index contributed by atoms with van der Waals surface area (Å²) in [7, 11) is 0. The molecule has 0 amide bonds. The third kappa shape index (κ3) is 1.89. The van der Waals surface area contributed by atoms with Crippen LogP contribution in [0.2, 0.25) is 0 Å². The summed E-state index contributed by atoms with van der Waals surface area (Å²) in [5.74, 6) is -1.70. The molecule has 100 valence electrons. The van der Waals surface area contributed by atoms with E-state index in [1.807, 2.05) is 24.3 Å². The molecule has 0 fully saturated rings. The first-order valence-electron chi connectivity index (χ1n) is 6.59. The van der Waals surface area contributed by atoms with Gasteiger partial charge in [-0.25, -0.2) is 8.78 Å². The average molecular weight is 269 g/mol. The van der Waals surface area contributed by atoms with Crippen molar-refractivity contribution in [2.45, 2.75) is 24.7 Å². The number of hydrogen-bond donors (Lipinski definition) is 0. The zero-order valence-corrected chi connectivity index (χ0v) is 10.9. The highest BCUT2D eigenvalue weighted by atomic mass is 19.2. The molecular weight excluding hydrogens is 256 g/mol. The van der Waals surface area contributed by atoms with E-state index in [1.165, 1.54) is 6.07 Å². The molecule has 0 spiro atoms. The molecule has 0 radical (unpaired) electrons. The van der Waals surface area contributed by atoms with E-state index in [2.05, 4.69) is 6.07 Å². The summed E-state index contributed by atoms with van der Waals surface area (Å²) in [6, 6.07) is 14.2. The highest BCUT2D eigenvalue weighted by Gasteiger charge is 2.39. The third-order valence-corrected chi connectivity index (χ3v) is 4.09. The first kappa shape index (κ1) is 12.8. The van der Waals surface area contributed by atoms with Crippen molar-refractivity contribution in [3.8, 4) is 6.07 Å². The second-order valence-corrected chi connectivity index (χ2v) is 5.24. The lowest BCUT2D eigenvalue weighted by molar-refractivity contribution is 0.475. The highest BCUT2D eigenvalue weighted by Crippen LogP contribution is 2.41. The van der Waals surface area contributed by atoms with Crippen molar-refractivity contribution in [3.05, 3.63) is 70.8 Å². The number of nitriles is 1. The predicted molar refractivity (Wildman–Crippen MR) is 72.1 cm³/mol. The molecule has 1 aliphatic carbocycles. The normalized spacial score (nSPS) is 20.4. The predicted octanol–water partition coefficient (Wildman–Crippen LogP) is 3.92. The average Bonchev–Trinajstić information content (AvgIpc) is 2.84. The van der Waals surface area contributed by atoms with Crippen LogP contribution in [0.1, 0.15) is 23.1 Å². The minimum atomic E-state index is -0.859. The van der Waals surface area contributed by atoms with E-state index in [0.29, 0.717) is 6.42 Å². The van der Waals surface area contributed by atoms with Gasteiger partial charge in [0.2, 0.25) is 0 Å². The zero-order valence-electron chi connectivity index (χ0n) is 10.9. The molecule has 1 aliphatic rings. The van der Waals surface area contributed by atoms with Gasteiger partial charge in [-0.1, -0.05) is 36.4 Å². The largest absolute Gasteiger partial charge is 0.204 e. The fourth-order valence-electron chi connectivity index (χ4n) is 3.04. The Morgan fingerprint density at radius 2 is 1.90 bits per heavy atom. The Labute approximate surface area is 116 Å². The van der Waals surface area contributed by atoms with Crippen LogP contribution in [0.3, 0.4) is 0 Å². The van der Waals surface area contributed by atoms with Crippen LogP contribution < -0.4 is 0 Å². The van der Waals surface area contributed by atoms with Crippen LogP contribution >= 0.6 is 0 Å². The van der Waals surface area contributed by atoms with Crippen LogP contribution in [-0.2, 0) is 18.3 Å². The minimum Gasteiger partial charge on any atom is -0.204 e. The Balaban J connectivity index is 2.05. The van der Waals surface area contributed by atoms with Crippen molar-refractivity contribution in [1.29, 1.82) is 5.26 Å². The van der Waals surface area contributed by atoms with Crippen LogP contribution in [-0.4, -0.2) is 0 Å². The van der Waals surface area contributed by atoms with E-state index in [1.54, 1.807) is 6.07 Å². The van der Waals surface area contributed by atoms with Crippen LogP contribution in [0.5, 0.6) is 0 Å². The molecule has 0 saturated carbocycles. The van der Waals surface area contributed by atoms with Gasteiger partial charge < -0.3 is 0 Å². The van der Waals surface area contributed by atoms with Crippen molar-refractivity contribution in [1.82, 2.24) is 0 Å². The summed E-state index contributed by atoms with van der Waals surface area (Å²) >= 11 is 0. The lowest BCUT2D eigenvalue weighted by atomic mass is 9.78. The molecule has 1 atom stereocenters. The van der Waals surface area contributed by atoms with E-state index < -0.39 is 17.0 Å². The fraction of sp³-hybridized carbons (Fsp3) is 0.235. The standard InChI is InChI=1S/C17H13F2N/c18-15-7-3-5-13(16(15)19)10-17(11-20)9-8-12-4-1-2-6-14(12)17/h1-7H,8-10H2. The summed E-state index contributed by atoms with van der Waals surface area (Å²) in [4.78, 5) is 0. The van der Waals surface area contributed by atoms with Gasteiger partial charge in [0.1, 0.15) is 0 Å². The van der Waals surface area contributed by atoms with E-state index in [0.717, 1.165) is 23.6 Å². The number of halogens is 2. The van der Waals surface area contributed by atoms with Crippen molar-refractivity contribution in [2.75, 3.05) is 0 Å². The first-order chi connectivity index (χ1) is 9.66. The number of benzene rings is 2. The molecule has 0 aromatic heterocycles. The van der Waals surface area contributed by atoms with Gasteiger partial charge in [0.05, 0.1) is 11.5 Å². The summed E-state index contributed by atoms with van der Waals surface area (Å²) in [6.07, 6.45) is 1.67. The first-order valence-corrected chi connectivity index (χ1v) is 6.59. The van der Waals surface area contributed by atoms with Crippen molar-refractivity contribution >= 4 is 0 Å². The van der Waals surface area contributed by atoms with Gasteiger partial charge >= 0.3 is 0 Å². The maximum Gasteiger partial charge on any atom is 0.162 e. The van der Waals surface area contributed by atoms with Gasteiger partial charge in [0.25, 0.3) is 0 Å². The zero-order chi connectivity index (χ0) is 14.2. The molecule has 0 aliphatic heterocycles. The van der Waals surface area contributed by atoms with E-state index in [-0.39, 0.29) is 12.0 Å². The molecular formula is C17H13F2N. The summed E-state index contributed by atoms with van der Waals surface area (Å²) in [5, 5.41) is 9.62. The second-order valence-electron chi connectivity index (χ2n) is 5.24. The van der Waals surface area contributed by atoms with Crippen molar-refractivity contribution in [3.63, 3.8) is 0 Å².